The number of hydrogen-bond donors (Lipinski definition) is 2. The van der Waals surface area contributed by atoms with E-state index in [9.17, 15) is 4.79 Å². The molecule has 1 heterocycles. The van der Waals surface area contributed by atoms with Crippen LogP contribution in [0.15, 0.2) is 18.2 Å². The molecule has 0 fully saturated rings. The summed E-state index contributed by atoms with van der Waals surface area (Å²) in [5, 5.41) is 17.5. The average molecular weight is 283 g/mol. The molecule has 2 N–H and O–H groups in total. The Morgan fingerprint density at radius 2 is 2.21 bits per heavy atom. The van der Waals surface area contributed by atoms with Crippen molar-refractivity contribution in [3.8, 4) is 0 Å². The molecule has 1 aromatic heterocycles. The molecule has 0 aliphatic carbocycles. The van der Waals surface area contributed by atoms with Crippen LogP contribution in [0.2, 0.25) is 0 Å². The maximum absolute atomic E-state index is 10.5. The Labute approximate surface area is 118 Å². The number of aliphatic hydroxyl groups is 1. The van der Waals surface area contributed by atoms with Gasteiger partial charge in [-0.2, -0.15) is 0 Å². The number of carboxylic acids is 1. The molecule has 1 rings (SSSR count). The van der Waals surface area contributed by atoms with Crippen molar-refractivity contribution in [3.05, 3.63) is 28.0 Å². The number of hydrogen-bond acceptors (Lipinski definition) is 4. The van der Waals surface area contributed by atoms with Gasteiger partial charge < -0.3 is 10.2 Å². The van der Waals surface area contributed by atoms with Crippen LogP contribution in [0.1, 0.15) is 30.0 Å². The lowest BCUT2D eigenvalue weighted by Crippen LogP contribution is -2.31. The minimum absolute atomic E-state index is 0.209. The van der Waals surface area contributed by atoms with Crippen LogP contribution in [-0.4, -0.2) is 40.3 Å². The van der Waals surface area contributed by atoms with Crippen molar-refractivity contribution in [1.29, 1.82) is 0 Å². The van der Waals surface area contributed by atoms with E-state index in [1.165, 1.54) is 4.88 Å². The van der Waals surface area contributed by atoms with Crippen LogP contribution in [0, 0.1) is 0 Å². The Hall–Kier alpha value is -1.17. The molecule has 0 spiro atoms. The van der Waals surface area contributed by atoms with E-state index in [2.05, 4.69) is 18.7 Å². The fraction of sp³-hybridized carbons (Fsp3) is 0.500. The first-order valence-corrected chi connectivity index (χ1v) is 7.19. The molecular weight excluding hydrogens is 262 g/mol. The molecule has 5 heteroatoms. The first-order valence-electron chi connectivity index (χ1n) is 6.37. The summed E-state index contributed by atoms with van der Waals surface area (Å²) in [6.45, 7) is 6.18. The summed E-state index contributed by atoms with van der Waals surface area (Å²) >= 11 is 1.60. The third-order valence-corrected chi connectivity index (χ3v) is 3.80. The minimum Gasteiger partial charge on any atom is -0.478 e. The van der Waals surface area contributed by atoms with E-state index in [4.69, 9.17) is 10.2 Å². The lowest BCUT2D eigenvalue weighted by Gasteiger charge is -2.25. The maximum Gasteiger partial charge on any atom is 0.328 e. The Morgan fingerprint density at radius 3 is 2.79 bits per heavy atom. The quantitative estimate of drug-likeness (QED) is 0.719. The Kier molecular flexibility index (Phi) is 6.77. The second-order valence-corrected chi connectivity index (χ2v) is 5.82. The van der Waals surface area contributed by atoms with Crippen molar-refractivity contribution in [2.75, 3.05) is 13.2 Å². The third kappa shape index (κ3) is 6.00. The average Bonchev–Trinajstić information content (AvgIpc) is 2.79. The van der Waals surface area contributed by atoms with Gasteiger partial charge in [-0.25, -0.2) is 4.79 Å². The number of aliphatic carboxylic acids is 1. The highest BCUT2D eigenvalue weighted by Crippen LogP contribution is 2.20. The molecule has 1 aromatic rings. The highest BCUT2D eigenvalue weighted by Gasteiger charge is 2.10. The van der Waals surface area contributed by atoms with Gasteiger partial charge in [-0.15, -0.1) is 11.3 Å². The van der Waals surface area contributed by atoms with E-state index in [1.54, 1.807) is 17.4 Å². The summed E-state index contributed by atoms with van der Waals surface area (Å²) < 4.78 is 0. The zero-order chi connectivity index (χ0) is 14.3. The number of carboxylic acid groups (broad SMARTS) is 1. The van der Waals surface area contributed by atoms with E-state index in [1.807, 2.05) is 12.1 Å². The molecule has 19 heavy (non-hydrogen) atoms. The van der Waals surface area contributed by atoms with E-state index in [0.29, 0.717) is 6.04 Å². The van der Waals surface area contributed by atoms with Gasteiger partial charge in [0.2, 0.25) is 0 Å². The van der Waals surface area contributed by atoms with Gasteiger partial charge in [0.15, 0.2) is 0 Å². The van der Waals surface area contributed by atoms with Gasteiger partial charge in [-0.3, -0.25) is 4.90 Å². The Bertz CT molecular complexity index is 426. The third-order valence-electron chi connectivity index (χ3n) is 2.77. The van der Waals surface area contributed by atoms with Gasteiger partial charge in [0.25, 0.3) is 0 Å². The molecule has 0 unspecified atom stereocenters. The van der Waals surface area contributed by atoms with Gasteiger partial charge in [0.1, 0.15) is 0 Å². The normalized spacial score (nSPS) is 11.8. The lowest BCUT2D eigenvalue weighted by molar-refractivity contribution is -0.131. The van der Waals surface area contributed by atoms with Gasteiger partial charge in [-0.05, 0) is 38.5 Å². The summed E-state index contributed by atoms with van der Waals surface area (Å²) in [5.41, 5.74) is 0. The van der Waals surface area contributed by atoms with E-state index in [0.717, 1.165) is 30.5 Å². The summed E-state index contributed by atoms with van der Waals surface area (Å²) in [4.78, 5) is 14.9. The highest BCUT2D eigenvalue weighted by atomic mass is 32.1. The van der Waals surface area contributed by atoms with Crippen molar-refractivity contribution < 1.29 is 15.0 Å². The zero-order valence-corrected chi connectivity index (χ0v) is 12.2. The Balaban J connectivity index is 2.62. The summed E-state index contributed by atoms with van der Waals surface area (Å²) in [6.07, 6.45) is 3.54. The molecule has 0 bridgehead atoms. The summed E-state index contributed by atoms with van der Waals surface area (Å²) in [6, 6.07) is 4.39. The van der Waals surface area contributed by atoms with Crippen molar-refractivity contribution in [3.63, 3.8) is 0 Å². The smallest absolute Gasteiger partial charge is 0.328 e. The first kappa shape index (κ1) is 15.9. The van der Waals surface area contributed by atoms with Gasteiger partial charge >= 0.3 is 5.97 Å². The molecule has 0 atom stereocenters. The number of carbonyl (C=O) groups is 1. The van der Waals surface area contributed by atoms with Crippen LogP contribution in [-0.2, 0) is 11.3 Å². The molecule has 0 saturated carbocycles. The monoisotopic (exact) mass is 283 g/mol. The van der Waals surface area contributed by atoms with Crippen LogP contribution < -0.4 is 0 Å². The SMILES string of the molecule is CC(C)N(CCCO)Cc1ccc(C=CC(=O)O)s1. The fourth-order valence-electron chi connectivity index (χ4n) is 1.72. The van der Waals surface area contributed by atoms with Crippen molar-refractivity contribution in [2.24, 2.45) is 0 Å². The molecule has 0 aliphatic heterocycles. The topological polar surface area (TPSA) is 60.8 Å². The second-order valence-electron chi connectivity index (χ2n) is 4.62. The van der Waals surface area contributed by atoms with E-state index < -0.39 is 5.97 Å². The highest BCUT2D eigenvalue weighted by molar-refractivity contribution is 7.12. The molecule has 0 aliphatic rings. The maximum atomic E-state index is 10.5. The predicted molar refractivity (Wildman–Crippen MR) is 78.2 cm³/mol. The van der Waals surface area contributed by atoms with Gasteiger partial charge in [0.05, 0.1) is 0 Å². The fourth-order valence-corrected chi connectivity index (χ4v) is 2.66. The molecule has 0 amide bonds. The van der Waals surface area contributed by atoms with Crippen LogP contribution in [0.25, 0.3) is 6.08 Å². The number of nitrogens with zero attached hydrogens (tertiary/aromatic N) is 1. The van der Waals surface area contributed by atoms with Crippen LogP contribution >= 0.6 is 11.3 Å². The number of aliphatic hydroxyl groups excluding tert-OH is 1. The van der Waals surface area contributed by atoms with Gasteiger partial charge in [0, 0.05) is 41.6 Å². The zero-order valence-electron chi connectivity index (χ0n) is 11.4. The van der Waals surface area contributed by atoms with Crippen LogP contribution in [0.5, 0.6) is 0 Å². The molecule has 4 nitrogen and oxygen atoms in total. The molecule has 0 saturated heterocycles. The van der Waals surface area contributed by atoms with Crippen LogP contribution in [0.3, 0.4) is 0 Å². The molecule has 106 valence electrons. The largest absolute Gasteiger partial charge is 0.478 e. The van der Waals surface area contributed by atoms with Crippen molar-refractivity contribution in [1.82, 2.24) is 4.90 Å². The summed E-state index contributed by atoms with van der Waals surface area (Å²) in [5.74, 6) is -0.929. The number of rotatable bonds is 8. The molecule has 0 aromatic carbocycles. The van der Waals surface area contributed by atoms with E-state index in [-0.39, 0.29) is 6.61 Å². The Morgan fingerprint density at radius 1 is 1.47 bits per heavy atom. The molecular formula is C14H21NO3S. The van der Waals surface area contributed by atoms with E-state index >= 15 is 0 Å². The van der Waals surface area contributed by atoms with Crippen molar-refractivity contribution in [2.45, 2.75) is 32.9 Å². The van der Waals surface area contributed by atoms with Gasteiger partial charge in [-0.1, -0.05) is 0 Å². The van der Waals surface area contributed by atoms with Crippen LogP contribution in [0.4, 0.5) is 0 Å². The number of thiophene rings is 1. The van der Waals surface area contributed by atoms with Crippen molar-refractivity contribution >= 4 is 23.4 Å². The standard InChI is InChI=1S/C14H21NO3S/c1-11(2)15(8-3-9-16)10-13-5-4-12(19-13)6-7-14(17)18/h4-7,11,16H,3,8-10H2,1-2H3,(H,17,18). The summed E-state index contributed by atoms with van der Waals surface area (Å²) in [7, 11) is 0. The predicted octanol–water partition coefficient (Wildman–Crippen LogP) is 2.44. The second kappa shape index (κ2) is 8.09. The molecule has 0 radical (unpaired) electrons. The minimum atomic E-state index is -0.929. The first-order chi connectivity index (χ1) is 9.02. The lowest BCUT2D eigenvalue weighted by atomic mass is 10.2.